The largest absolute Gasteiger partial charge is 0.387 e. The van der Waals surface area contributed by atoms with Crippen LogP contribution in [0.4, 0.5) is 0 Å². The Morgan fingerprint density at radius 3 is 2.63 bits per heavy atom. The van der Waals surface area contributed by atoms with Gasteiger partial charge in [-0.05, 0) is 60.3 Å². The number of halogens is 2. The first kappa shape index (κ1) is 25.9. The van der Waals surface area contributed by atoms with E-state index in [0.717, 1.165) is 41.2 Å². The number of aromatic nitrogens is 4. The summed E-state index contributed by atoms with van der Waals surface area (Å²) in [6.45, 7) is 3.45. The lowest BCUT2D eigenvalue weighted by molar-refractivity contribution is -0.133. The van der Waals surface area contributed by atoms with Crippen LogP contribution in [0.15, 0.2) is 34.8 Å². The Morgan fingerprint density at radius 1 is 1.20 bits per heavy atom. The second kappa shape index (κ2) is 11.7. The van der Waals surface area contributed by atoms with Gasteiger partial charge in [0.05, 0.1) is 10.7 Å². The van der Waals surface area contributed by atoms with E-state index in [1.54, 1.807) is 17.6 Å². The number of aryl methyl sites for hydroxylation is 1. The molecule has 1 atom stereocenters. The summed E-state index contributed by atoms with van der Waals surface area (Å²) in [7, 11) is 0. The van der Waals surface area contributed by atoms with Gasteiger partial charge in [-0.1, -0.05) is 29.4 Å². The van der Waals surface area contributed by atoms with Crippen molar-refractivity contribution >= 4 is 58.8 Å². The summed E-state index contributed by atoms with van der Waals surface area (Å²) in [4.78, 5) is 28.8. The summed E-state index contributed by atoms with van der Waals surface area (Å²) >= 11 is 16.9. The van der Waals surface area contributed by atoms with Gasteiger partial charge in [0.25, 0.3) is 0 Å². The smallest absolute Gasteiger partial charge is 0.244 e. The fourth-order valence-electron chi connectivity index (χ4n) is 4.25. The van der Waals surface area contributed by atoms with Gasteiger partial charge in [-0.2, -0.15) is 17.6 Å². The Morgan fingerprint density at radius 2 is 1.94 bits per heavy atom. The summed E-state index contributed by atoms with van der Waals surface area (Å²) in [5.74, 6) is 0.281. The Balaban J connectivity index is 0.00000141. The summed E-state index contributed by atoms with van der Waals surface area (Å²) < 4.78 is 1.32. The van der Waals surface area contributed by atoms with Crippen LogP contribution in [-0.4, -0.2) is 55.6 Å². The van der Waals surface area contributed by atoms with Crippen LogP contribution in [0.1, 0.15) is 53.1 Å². The normalized spacial score (nSPS) is 18.0. The lowest BCUT2D eigenvalue weighted by atomic mass is 9.97. The number of carbonyl (C=O) groups excluding carboxylic acids is 1. The number of benzene rings is 1. The molecule has 3 aromatic rings. The minimum atomic E-state index is -0.0611. The molecule has 186 valence electrons. The van der Waals surface area contributed by atoms with Crippen molar-refractivity contribution in [2.45, 2.75) is 44.8 Å². The molecule has 0 spiro atoms. The number of thiol groups is 1. The molecule has 0 N–H and O–H groups in total. The fourth-order valence-corrected chi connectivity index (χ4v) is 5.65. The van der Waals surface area contributed by atoms with E-state index in [4.69, 9.17) is 33.0 Å². The average Bonchev–Trinajstić information content (AvgIpc) is 3.61. The third-order valence-corrected chi connectivity index (χ3v) is 7.55. The van der Waals surface area contributed by atoms with E-state index in [-0.39, 0.29) is 29.1 Å². The van der Waals surface area contributed by atoms with Gasteiger partial charge in [-0.15, -0.1) is 16.4 Å². The van der Waals surface area contributed by atoms with Crippen LogP contribution in [0.2, 0.25) is 10.6 Å². The van der Waals surface area contributed by atoms with E-state index < -0.39 is 0 Å². The molecule has 2 aromatic heterocycles. The molecular formula is C23H26Cl2N6O2S2. The Hall–Kier alpha value is -2.14. The molecule has 1 saturated heterocycles. The third kappa shape index (κ3) is 5.99. The lowest BCUT2D eigenvalue weighted by Gasteiger charge is -2.31. The number of nitrogens with zero attached hydrogens (tertiary/aromatic N) is 6. The first-order valence-electron chi connectivity index (χ1n) is 11.2. The fraction of sp³-hybridized carbons (Fsp3) is 0.435. The predicted molar refractivity (Wildman–Crippen MR) is 142 cm³/mol. The number of oxime groups is 1. The number of hydrogen-bond donors (Lipinski definition) is 1. The Bertz CT molecular complexity index is 1210. The van der Waals surface area contributed by atoms with E-state index in [2.05, 4.69) is 52.3 Å². The molecule has 0 aliphatic carbocycles. The molecule has 1 unspecified atom stereocenters. The molecule has 5 rings (SSSR count). The Kier molecular flexibility index (Phi) is 8.69. The summed E-state index contributed by atoms with van der Waals surface area (Å²) in [6.07, 6.45) is 4.07. The van der Waals surface area contributed by atoms with Crippen molar-refractivity contribution in [3.63, 3.8) is 0 Å². The molecular weight excluding hydrogens is 527 g/mol. The SMILES string of the molecule is CS.Cc1ccccc1C1CC(c2csc(C3CCN(C(=O)Cn4nc(Cl)nc4Cl)CC3)n2)=NO1. The number of carbonyl (C=O) groups is 1. The van der Waals surface area contributed by atoms with E-state index >= 15 is 0 Å². The highest BCUT2D eigenvalue weighted by atomic mass is 35.5. The van der Waals surface area contributed by atoms with Gasteiger partial charge in [0.2, 0.25) is 16.5 Å². The van der Waals surface area contributed by atoms with Gasteiger partial charge in [0.15, 0.2) is 6.10 Å². The minimum absolute atomic E-state index is 0.0342. The molecule has 0 radical (unpaired) electrons. The predicted octanol–water partition coefficient (Wildman–Crippen LogP) is 5.17. The van der Waals surface area contributed by atoms with Gasteiger partial charge in [0, 0.05) is 30.8 Å². The van der Waals surface area contributed by atoms with Crippen molar-refractivity contribution < 1.29 is 9.63 Å². The first-order chi connectivity index (χ1) is 17.0. The molecule has 12 heteroatoms. The van der Waals surface area contributed by atoms with E-state index in [9.17, 15) is 4.79 Å². The highest BCUT2D eigenvalue weighted by Crippen LogP contribution is 2.34. The maximum absolute atomic E-state index is 12.6. The standard InChI is InChI=1S/C22H22Cl2N6O2S.CH4S/c1-13-4-2-3-5-15(13)18-10-16(28-32-18)17-12-33-20(25-17)14-6-8-29(9-7-14)19(31)11-30-22(24)26-21(23)27-30;1-2/h2-5,12,14,18H,6-11H2,1H3;2H,1H3. The van der Waals surface area contributed by atoms with E-state index in [1.165, 1.54) is 10.2 Å². The highest BCUT2D eigenvalue weighted by Gasteiger charge is 2.29. The van der Waals surface area contributed by atoms with Crippen LogP contribution in [0.5, 0.6) is 0 Å². The third-order valence-electron chi connectivity index (χ3n) is 6.10. The maximum atomic E-state index is 12.6. The maximum Gasteiger partial charge on any atom is 0.244 e. The summed E-state index contributed by atoms with van der Waals surface area (Å²) in [6, 6.07) is 8.23. The lowest BCUT2D eigenvalue weighted by Crippen LogP contribution is -2.39. The molecule has 4 heterocycles. The van der Waals surface area contributed by atoms with E-state index in [1.807, 2.05) is 17.0 Å². The topological polar surface area (TPSA) is 85.5 Å². The average molecular weight is 554 g/mol. The van der Waals surface area contributed by atoms with Crippen LogP contribution < -0.4 is 0 Å². The molecule has 2 aliphatic rings. The second-order valence-corrected chi connectivity index (χ2v) is 9.79. The van der Waals surface area contributed by atoms with Crippen molar-refractivity contribution in [3.8, 4) is 0 Å². The van der Waals surface area contributed by atoms with Crippen molar-refractivity contribution in [2.75, 3.05) is 19.3 Å². The van der Waals surface area contributed by atoms with Crippen molar-refractivity contribution in [1.82, 2.24) is 24.6 Å². The monoisotopic (exact) mass is 552 g/mol. The molecule has 0 bridgehead atoms. The molecule has 35 heavy (non-hydrogen) atoms. The molecule has 0 saturated carbocycles. The zero-order valence-electron chi connectivity index (χ0n) is 19.4. The molecule has 2 aliphatic heterocycles. The second-order valence-electron chi connectivity index (χ2n) is 8.23. The van der Waals surface area contributed by atoms with Crippen LogP contribution in [0.3, 0.4) is 0 Å². The molecule has 1 amide bonds. The van der Waals surface area contributed by atoms with Crippen LogP contribution in [-0.2, 0) is 16.2 Å². The molecule has 1 aromatic carbocycles. The zero-order valence-corrected chi connectivity index (χ0v) is 22.6. The van der Waals surface area contributed by atoms with Crippen LogP contribution in [0.25, 0.3) is 0 Å². The summed E-state index contributed by atoms with van der Waals surface area (Å²) in [5.41, 5.74) is 4.15. The van der Waals surface area contributed by atoms with Gasteiger partial charge in [0.1, 0.15) is 12.3 Å². The van der Waals surface area contributed by atoms with Gasteiger partial charge in [-0.3, -0.25) is 4.79 Å². The number of hydrogen-bond acceptors (Lipinski definition) is 8. The minimum Gasteiger partial charge on any atom is -0.387 e. The van der Waals surface area contributed by atoms with E-state index in [0.29, 0.717) is 19.0 Å². The highest BCUT2D eigenvalue weighted by molar-refractivity contribution is 7.79. The van der Waals surface area contributed by atoms with Crippen molar-refractivity contribution in [3.05, 3.63) is 62.0 Å². The van der Waals surface area contributed by atoms with Gasteiger partial charge >= 0.3 is 0 Å². The quantitative estimate of drug-likeness (QED) is 0.441. The zero-order chi connectivity index (χ0) is 24.9. The van der Waals surface area contributed by atoms with Crippen molar-refractivity contribution in [1.29, 1.82) is 0 Å². The summed E-state index contributed by atoms with van der Waals surface area (Å²) in [5, 5.41) is 11.6. The van der Waals surface area contributed by atoms with Gasteiger partial charge in [-0.25, -0.2) is 9.67 Å². The first-order valence-corrected chi connectivity index (χ1v) is 13.7. The number of likely N-dealkylation sites (tertiary alicyclic amines) is 1. The molecule has 1 fully saturated rings. The van der Waals surface area contributed by atoms with Crippen LogP contribution in [0, 0.1) is 6.92 Å². The van der Waals surface area contributed by atoms with Crippen LogP contribution >= 0.6 is 47.2 Å². The molecule has 8 nitrogen and oxygen atoms in total. The number of piperidine rings is 1. The van der Waals surface area contributed by atoms with Crippen molar-refractivity contribution in [2.24, 2.45) is 5.16 Å². The number of thiazole rings is 1. The number of amides is 1. The number of rotatable bonds is 5. The van der Waals surface area contributed by atoms with Gasteiger partial charge < -0.3 is 9.74 Å². The Labute approximate surface area is 223 Å².